The number of aromatic nitrogens is 3. The molecule has 1 heterocycles. The molecule has 1 saturated carbocycles. The van der Waals surface area contributed by atoms with E-state index in [0.29, 0.717) is 0 Å². The minimum absolute atomic E-state index is 0.155. The second-order valence-corrected chi connectivity index (χ2v) is 3.61. The second kappa shape index (κ2) is 2.55. The summed E-state index contributed by atoms with van der Waals surface area (Å²) >= 11 is 0. The summed E-state index contributed by atoms with van der Waals surface area (Å²) in [6.45, 7) is 0. The molecule has 0 unspecified atom stereocenters. The highest BCUT2D eigenvalue weighted by molar-refractivity contribution is 5.12. The lowest BCUT2D eigenvalue weighted by Crippen LogP contribution is -2.35. The van der Waals surface area contributed by atoms with Crippen LogP contribution in [0.15, 0.2) is 6.20 Å². The molecule has 0 saturated heterocycles. The molecule has 1 fully saturated rings. The van der Waals surface area contributed by atoms with Crippen molar-refractivity contribution in [1.29, 1.82) is 0 Å². The van der Waals surface area contributed by atoms with Gasteiger partial charge in [0.15, 0.2) is 0 Å². The molecule has 0 bridgehead atoms. The smallest absolute Gasteiger partial charge is 0.0782 e. The summed E-state index contributed by atoms with van der Waals surface area (Å²) in [6.07, 6.45) is 6.36. The van der Waals surface area contributed by atoms with Gasteiger partial charge in [0.2, 0.25) is 0 Å². The Labute approximate surface area is 71.8 Å². The fourth-order valence-electron chi connectivity index (χ4n) is 2.00. The zero-order valence-corrected chi connectivity index (χ0v) is 7.32. The van der Waals surface area contributed by atoms with Gasteiger partial charge < -0.3 is 5.73 Å². The number of hydrogen-bond acceptors (Lipinski definition) is 3. The summed E-state index contributed by atoms with van der Waals surface area (Å²) in [5.41, 5.74) is 7.14. The van der Waals surface area contributed by atoms with E-state index in [9.17, 15) is 0 Å². The standard InChI is InChI=1S/C8H14N4/c1-12-7(6-10-11-12)8(9)4-2-3-5-8/h6H,2-5,9H2,1H3. The van der Waals surface area contributed by atoms with Gasteiger partial charge in [0.1, 0.15) is 0 Å². The van der Waals surface area contributed by atoms with Crippen molar-refractivity contribution in [3.8, 4) is 0 Å². The van der Waals surface area contributed by atoms with E-state index in [1.54, 1.807) is 10.9 Å². The van der Waals surface area contributed by atoms with E-state index in [-0.39, 0.29) is 5.54 Å². The summed E-state index contributed by atoms with van der Waals surface area (Å²) in [6, 6.07) is 0. The van der Waals surface area contributed by atoms with E-state index in [4.69, 9.17) is 5.73 Å². The molecule has 0 aromatic carbocycles. The van der Waals surface area contributed by atoms with Gasteiger partial charge in [-0.05, 0) is 12.8 Å². The molecule has 1 aliphatic rings. The largest absolute Gasteiger partial charge is 0.320 e. The Balaban J connectivity index is 2.34. The first-order valence-electron chi connectivity index (χ1n) is 4.36. The lowest BCUT2D eigenvalue weighted by Gasteiger charge is -2.22. The third kappa shape index (κ3) is 1.03. The Hall–Kier alpha value is -0.900. The van der Waals surface area contributed by atoms with Crippen LogP contribution in [0.1, 0.15) is 31.4 Å². The molecular weight excluding hydrogens is 152 g/mol. The highest BCUT2D eigenvalue weighted by Gasteiger charge is 2.33. The van der Waals surface area contributed by atoms with E-state index in [1.807, 2.05) is 7.05 Å². The zero-order valence-electron chi connectivity index (χ0n) is 7.32. The van der Waals surface area contributed by atoms with Gasteiger partial charge in [-0.25, -0.2) is 0 Å². The van der Waals surface area contributed by atoms with Crippen LogP contribution in [0.5, 0.6) is 0 Å². The van der Waals surface area contributed by atoms with Crippen molar-refractivity contribution in [2.24, 2.45) is 12.8 Å². The van der Waals surface area contributed by atoms with Crippen molar-refractivity contribution in [3.05, 3.63) is 11.9 Å². The first-order chi connectivity index (χ1) is 5.72. The number of nitrogens with two attached hydrogens (primary N) is 1. The average Bonchev–Trinajstić information content (AvgIpc) is 2.59. The first-order valence-corrected chi connectivity index (χ1v) is 4.36. The Kier molecular flexibility index (Phi) is 1.65. The molecule has 1 aliphatic carbocycles. The van der Waals surface area contributed by atoms with Crippen molar-refractivity contribution in [1.82, 2.24) is 15.0 Å². The second-order valence-electron chi connectivity index (χ2n) is 3.61. The fraction of sp³-hybridized carbons (Fsp3) is 0.750. The summed E-state index contributed by atoms with van der Waals surface area (Å²) < 4.78 is 1.78. The molecule has 0 radical (unpaired) electrons. The highest BCUT2D eigenvalue weighted by Crippen LogP contribution is 2.35. The van der Waals surface area contributed by atoms with Crippen LogP contribution in [0.2, 0.25) is 0 Å². The van der Waals surface area contributed by atoms with Crippen LogP contribution < -0.4 is 5.73 Å². The van der Waals surface area contributed by atoms with Crippen molar-refractivity contribution in [3.63, 3.8) is 0 Å². The Bertz CT molecular complexity index is 272. The van der Waals surface area contributed by atoms with Gasteiger partial charge in [0.05, 0.1) is 17.4 Å². The van der Waals surface area contributed by atoms with Crippen LogP contribution in [-0.2, 0) is 12.6 Å². The van der Waals surface area contributed by atoms with E-state index in [0.717, 1.165) is 18.5 Å². The monoisotopic (exact) mass is 166 g/mol. The van der Waals surface area contributed by atoms with Crippen LogP contribution in [0, 0.1) is 0 Å². The number of aryl methyl sites for hydroxylation is 1. The van der Waals surface area contributed by atoms with Crippen LogP contribution in [0.3, 0.4) is 0 Å². The van der Waals surface area contributed by atoms with Crippen molar-refractivity contribution in [2.75, 3.05) is 0 Å². The lowest BCUT2D eigenvalue weighted by molar-refractivity contribution is 0.422. The number of nitrogens with zero attached hydrogens (tertiary/aromatic N) is 3. The van der Waals surface area contributed by atoms with E-state index >= 15 is 0 Å². The minimum Gasteiger partial charge on any atom is -0.320 e. The minimum atomic E-state index is -0.155. The maximum atomic E-state index is 6.22. The maximum absolute atomic E-state index is 6.22. The Morgan fingerprint density at radius 1 is 1.50 bits per heavy atom. The molecule has 0 spiro atoms. The summed E-state index contributed by atoms with van der Waals surface area (Å²) in [5, 5.41) is 7.74. The van der Waals surface area contributed by atoms with Gasteiger partial charge in [-0.15, -0.1) is 5.10 Å². The average molecular weight is 166 g/mol. The van der Waals surface area contributed by atoms with E-state index in [1.165, 1.54) is 12.8 Å². The van der Waals surface area contributed by atoms with Gasteiger partial charge in [-0.2, -0.15) is 0 Å². The van der Waals surface area contributed by atoms with E-state index in [2.05, 4.69) is 10.3 Å². The molecule has 12 heavy (non-hydrogen) atoms. The van der Waals surface area contributed by atoms with E-state index < -0.39 is 0 Å². The summed E-state index contributed by atoms with van der Waals surface area (Å²) in [7, 11) is 1.90. The predicted molar refractivity (Wildman–Crippen MR) is 45.3 cm³/mol. The molecule has 4 heteroatoms. The molecular formula is C8H14N4. The number of hydrogen-bond donors (Lipinski definition) is 1. The molecule has 1 aromatic rings. The van der Waals surface area contributed by atoms with Crippen molar-refractivity contribution in [2.45, 2.75) is 31.2 Å². The molecule has 0 amide bonds. The normalized spacial score (nSPS) is 21.5. The van der Waals surface area contributed by atoms with Crippen LogP contribution in [0.25, 0.3) is 0 Å². The van der Waals surface area contributed by atoms with Gasteiger partial charge in [-0.1, -0.05) is 18.1 Å². The molecule has 4 nitrogen and oxygen atoms in total. The van der Waals surface area contributed by atoms with Crippen LogP contribution in [-0.4, -0.2) is 15.0 Å². The quantitative estimate of drug-likeness (QED) is 0.662. The van der Waals surface area contributed by atoms with Gasteiger partial charge in [-0.3, -0.25) is 4.68 Å². The summed E-state index contributed by atoms with van der Waals surface area (Å²) in [5.74, 6) is 0. The molecule has 2 N–H and O–H groups in total. The molecule has 0 aliphatic heterocycles. The fourth-order valence-corrected chi connectivity index (χ4v) is 2.00. The van der Waals surface area contributed by atoms with Gasteiger partial charge in [0, 0.05) is 7.05 Å². The third-order valence-corrected chi connectivity index (χ3v) is 2.72. The first kappa shape index (κ1) is 7.73. The summed E-state index contributed by atoms with van der Waals surface area (Å²) in [4.78, 5) is 0. The SMILES string of the molecule is Cn1nncc1C1(N)CCCC1. The van der Waals surface area contributed by atoms with Crippen molar-refractivity contribution >= 4 is 0 Å². The highest BCUT2D eigenvalue weighted by atomic mass is 15.4. The Morgan fingerprint density at radius 3 is 2.67 bits per heavy atom. The van der Waals surface area contributed by atoms with Gasteiger partial charge >= 0.3 is 0 Å². The van der Waals surface area contributed by atoms with Crippen LogP contribution in [0.4, 0.5) is 0 Å². The zero-order chi connectivity index (χ0) is 8.60. The maximum Gasteiger partial charge on any atom is 0.0782 e. The molecule has 1 aromatic heterocycles. The Morgan fingerprint density at radius 2 is 2.17 bits per heavy atom. The lowest BCUT2D eigenvalue weighted by atomic mass is 9.95. The predicted octanol–water partition coefficient (Wildman–Crippen LogP) is 0.543. The third-order valence-electron chi connectivity index (χ3n) is 2.72. The molecule has 0 atom stereocenters. The van der Waals surface area contributed by atoms with Crippen molar-refractivity contribution < 1.29 is 0 Å². The van der Waals surface area contributed by atoms with Gasteiger partial charge in [0.25, 0.3) is 0 Å². The van der Waals surface area contributed by atoms with Crippen LogP contribution >= 0.6 is 0 Å². The number of rotatable bonds is 1. The molecule has 66 valence electrons. The molecule has 2 rings (SSSR count). The topological polar surface area (TPSA) is 56.7 Å².